The lowest BCUT2D eigenvalue weighted by molar-refractivity contribution is -0.142. The van der Waals surface area contributed by atoms with E-state index in [0.717, 1.165) is 15.6 Å². The summed E-state index contributed by atoms with van der Waals surface area (Å²) < 4.78 is 6.74. The van der Waals surface area contributed by atoms with Crippen LogP contribution < -0.4 is 10.1 Å². The summed E-state index contributed by atoms with van der Waals surface area (Å²) in [5, 5.41) is 3.73. The Morgan fingerprint density at radius 2 is 1.59 bits per heavy atom. The number of ether oxygens (including phenoxy) is 1. The first-order valence-corrected chi connectivity index (χ1v) is 13.6. The maximum atomic E-state index is 13.6. The van der Waals surface area contributed by atoms with Gasteiger partial charge in [-0.1, -0.05) is 70.0 Å². The van der Waals surface area contributed by atoms with E-state index in [-0.39, 0.29) is 18.2 Å². The Kier molecular flexibility index (Phi) is 10.6. The van der Waals surface area contributed by atoms with Crippen molar-refractivity contribution < 1.29 is 14.3 Å². The van der Waals surface area contributed by atoms with E-state index in [0.29, 0.717) is 36.8 Å². The molecule has 0 radical (unpaired) electrons. The monoisotopic (exact) mass is 584 g/mol. The van der Waals surface area contributed by atoms with E-state index in [4.69, 9.17) is 16.3 Å². The van der Waals surface area contributed by atoms with Gasteiger partial charge in [-0.2, -0.15) is 0 Å². The molecule has 0 heterocycles. The SMILES string of the molecule is CC(C)(C)NC(=O)[C@@H](Cc1ccccc1)N(Cc1ccc(Br)cc1)C(=O)CCCOc1ccc(Cl)cc1. The highest BCUT2D eigenvalue weighted by Gasteiger charge is 2.32. The van der Waals surface area contributed by atoms with E-state index in [1.807, 2.05) is 75.4 Å². The molecule has 0 aromatic heterocycles. The molecule has 0 aliphatic rings. The zero-order chi connectivity index (χ0) is 26.8. The maximum Gasteiger partial charge on any atom is 0.243 e. The van der Waals surface area contributed by atoms with Crippen LogP contribution in [-0.4, -0.2) is 34.9 Å². The number of nitrogens with zero attached hydrogens (tertiary/aromatic N) is 1. The number of rotatable bonds is 11. The van der Waals surface area contributed by atoms with Gasteiger partial charge in [-0.3, -0.25) is 9.59 Å². The molecule has 0 saturated carbocycles. The molecule has 5 nitrogen and oxygen atoms in total. The zero-order valence-corrected chi connectivity index (χ0v) is 23.9. The van der Waals surface area contributed by atoms with Crippen molar-refractivity contribution in [2.75, 3.05) is 6.61 Å². The summed E-state index contributed by atoms with van der Waals surface area (Å²) >= 11 is 9.41. The fourth-order valence-electron chi connectivity index (χ4n) is 3.88. The van der Waals surface area contributed by atoms with Gasteiger partial charge in [0, 0.05) is 34.4 Å². The number of halogens is 2. The van der Waals surface area contributed by atoms with Crippen molar-refractivity contribution in [3.8, 4) is 5.75 Å². The summed E-state index contributed by atoms with van der Waals surface area (Å²) in [4.78, 5) is 28.9. The summed E-state index contributed by atoms with van der Waals surface area (Å²) in [6.45, 7) is 6.55. The van der Waals surface area contributed by atoms with E-state index in [2.05, 4.69) is 21.2 Å². The van der Waals surface area contributed by atoms with Gasteiger partial charge < -0.3 is 15.0 Å². The minimum atomic E-state index is -0.657. The Labute approximate surface area is 233 Å². The number of amides is 2. The number of carbonyl (C=O) groups excluding carboxylic acids is 2. The molecule has 0 aliphatic heterocycles. The average molecular weight is 586 g/mol. The van der Waals surface area contributed by atoms with Gasteiger partial charge >= 0.3 is 0 Å². The Balaban J connectivity index is 1.80. The first kappa shape index (κ1) is 28.7. The molecule has 0 spiro atoms. The summed E-state index contributed by atoms with van der Waals surface area (Å²) in [6, 6.07) is 24.1. The lowest BCUT2D eigenvalue weighted by Crippen LogP contribution is -2.54. The summed E-state index contributed by atoms with van der Waals surface area (Å²) in [5.41, 5.74) is 1.52. The molecule has 37 heavy (non-hydrogen) atoms. The molecule has 3 rings (SSSR count). The van der Waals surface area contributed by atoms with Crippen LogP contribution in [0.5, 0.6) is 5.75 Å². The van der Waals surface area contributed by atoms with E-state index < -0.39 is 11.6 Å². The molecule has 0 unspecified atom stereocenters. The average Bonchev–Trinajstić information content (AvgIpc) is 2.85. The molecule has 1 N–H and O–H groups in total. The lowest BCUT2D eigenvalue weighted by Gasteiger charge is -2.34. The summed E-state index contributed by atoms with van der Waals surface area (Å²) in [7, 11) is 0. The van der Waals surface area contributed by atoms with Gasteiger partial charge in [0.2, 0.25) is 11.8 Å². The topological polar surface area (TPSA) is 58.6 Å². The van der Waals surface area contributed by atoms with Crippen molar-refractivity contribution in [1.29, 1.82) is 0 Å². The molecular weight excluding hydrogens is 552 g/mol. The minimum Gasteiger partial charge on any atom is -0.494 e. The fraction of sp³-hybridized carbons (Fsp3) is 0.333. The van der Waals surface area contributed by atoms with Gasteiger partial charge in [0.25, 0.3) is 0 Å². The molecule has 0 bridgehead atoms. The van der Waals surface area contributed by atoms with Crippen molar-refractivity contribution in [3.63, 3.8) is 0 Å². The Morgan fingerprint density at radius 1 is 0.946 bits per heavy atom. The van der Waals surface area contributed by atoms with Gasteiger partial charge in [0.1, 0.15) is 11.8 Å². The van der Waals surface area contributed by atoms with Crippen LogP contribution in [0.1, 0.15) is 44.7 Å². The van der Waals surface area contributed by atoms with Crippen LogP contribution in [0.3, 0.4) is 0 Å². The number of hydrogen-bond acceptors (Lipinski definition) is 3. The van der Waals surface area contributed by atoms with Gasteiger partial charge in [-0.05, 0) is 74.7 Å². The number of benzene rings is 3. The molecule has 0 aliphatic carbocycles. The third kappa shape index (κ3) is 9.86. The van der Waals surface area contributed by atoms with Crippen LogP contribution in [0.4, 0.5) is 0 Å². The van der Waals surface area contributed by atoms with Crippen LogP contribution in [-0.2, 0) is 22.6 Å². The quantitative estimate of drug-likeness (QED) is 0.251. The standard InChI is InChI=1S/C30H34BrClN2O3/c1-30(2,3)33-29(36)27(20-22-8-5-4-6-9-22)34(21-23-11-13-24(31)14-12-23)28(35)10-7-19-37-26-17-15-25(32)16-18-26/h4-6,8-9,11-18,27H,7,10,19-21H2,1-3H3,(H,33,36)/t27-/m1/s1. The molecule has 1 atom stereocenters. The van der Waals surface area contributed by atoms with Crippen LogP contribution in [0.2, 0.25) is 5.02 Å². The first-order chi connectivity index (χ1) is 17.6. The van der Waals surface area contributed by atoms with Crippen LogP contribution in [0.15, 0.2) is 83.3 Å². The molecule has 2 amide bonds. The highest BCUT2D eigenvalue weighted by molar-refractivity contribution is 9.10. The second-order valence-corrected chi connectivity index (χ2v) is 11.4. The molecule has 7 heteroatoms. The third-order valence-corrected chi connectivity index (χ3v) is 6.43. The predicted molar refractivity (Wildman–Crippen MR) is 153 cm³/mol. The summed E-state index contributed by atoms with van der Waals surface area (Å²) in [6.07, 6.45) is 1.21. The van der Waals surface area contributed by atoms with Crippen molar-refractivity contribution in [3.05, 3.63) is 99.5 Å². The van der Waals surface area contributed by atoms with Gasteiger partial charge in [0.15, 0.2) is 0 Å². The van der Waals surface area contributed by atoms with Crippen molar-refractivity contribution in [2.45, 2.75) is 58.2 Å². The van der Waals surface area contributed by atoms with E-state index >= 15 is 0 Å². The Bertz CT molecular complexity index is 1150. The van der Waals surface area contributed by atoms with Gasteiger partial charge in [-0.25, -0.2) is 0 Å². The summed E-state index contributed by atoms with van der Waals surface area (Å²) in [5.74, 6) is 0.446. The number of hydrogen-bond donors (Lipinski definition) is 1. The lowest BCUT2D eigenvalue weighted by atomic mass is 10.00. The largest absolute Gasteiger partial charge is 0.494 e. The molecule has 0 fully saturated rings. The Hall–Kier alpha value is -2.83. The minimum absolute atomic E-state index is 0.0902. The van der Waals surface area contributed by atoms with Gasteiger partial charge in [-0.15, -0.1) is 0 Å². The van der Waals surface area contributed by atoms with Crippen LogP contribution >= 0.6 is 27.5 Å². The molecule has 3 aromatic rings. The third-order valence-electron chi connectivity index (χ3n) is 5.65. The smallest absolute Gasteiger partial charge is 0.243 e. The first-order valence-electron chi connectivity index (χ1n) is 12.4. The number of carbonyl (C=O) groups is 2. The zero-order valence-electron chi connectivity index (χ0n) is 21.5. The second kappa shape index (κ2) is 13.6. The highest BCUT2D eigenvalue weighted by Crippen LogP contribution is 2.20. The van der Waals surface area contributed by atoms with Crippen molar-refractivity contribution >= 4 is 39.3 Å². The van der Waals surface area contributed by atoms with Crippen LogP contribution in [0, 0.1) is 0 Å². The van der Waals surface area contributed by atoms with Crippen LogP contribution in [0.25, 0.3) is 0 Å². The maximum absolute atomic E-state index is 13.6. The molecule has 0 saturated heterocycles. The van der Waals surface area contributed by atoms with E-state index in [1.165, 1.54) is 0 Å². The molecular formula is C30H34BrClN2O3. The molecule has 3 aromatic carbocycles. The predicted octanol–water partition coefficient (Wildman–Crippen LogP) is 6.82. The highest BCUT2D eigenvalue weighted by atomic mass is 79.9. The van der Waals surface area contributed by atoms with Gasteiger partial charge in [0.05, 0.1) is 6.61 Å². The number of nitrogens with one attached hydrogen (secondary N) is 1. The second-order valence-electron chi connectivity index (χ2n) is 10.00. The van der Waals surface area contributed by atoms with E-state index in [9.17, 15) is 9.59 Å². The van der Waals surface area contributed by atoms with Crippen molar-refractivity contribution in [1.82, 2.24) is 10.2 Å². The fourth-order valence-corrected chi connectivity index (χ4v) is 4.27. The Morgan fingerprint density at radius 3 is 2.22 bits per heavy atom. The van der Waals surface area contributed by atoms with Crippen molar-refractivity contribution in [2.24, 2.45) is 0 Å². The van der Waals surface area contributed by atoms with E-state index in [1.54, 1.807) is 29.2 Å². The normalized spacial score (nSPS) is 12.0. The molecule has 196 valence electrons.